The SMILES string of the molecule is COc1ccc(C2C(=O)c3ccc(OCc4ccccc4)cc3C2=O)c2[nH]c(CCc3ccccc3)nc12. The number of H-pyrrole nitrogens is 1. The first-order valence-electron chi connectivity index (χ1n) is 12.6. The van der Waals surface area contributed by atoms with E-state index in [-0.39, 0.29) is 11.6 Å². The van der Waals surface area contributed by atoms with Crippen LogP contribution in [-0.2, 0) is 19.4 Å². The molecule has 0 saturated carbocycles. The molecule has 188 valence electrons. The second kappa shape index (κ2) is 9.98. The van der Waals surface area contributed by atoms with Crippen molar-refractivity contribution in [3.8, 4) is 11.5 Å². The maximum absolute atomic E-state index is 13.6. The molecule has 0 fully saturated rings. The van der Waals surface area contributed by atoms with Crippen molar-refractivity contribution in [2.24, 2.45) is 0 Å². The van der Waals surface area contributed by atoms with Crippen LogP contribution in [0.3, 0.4) is 0 Å². The van der Waals surface area contributed by atoms with Crippen LogP contribution in [0.2, 0.25) is 0 Å². The van der Waals surface area contributed by atoms with E-state index in [1.54, 1.807) is 37.4 Å². The summed E-state index contributed by atoms with van der Waals surface area (Å²) in [7, 11) is 1.59. The predicted octanol–water partition coefficient (Wildman–Crippen LogP) is 6.10. The van der Waals surface area contributed by atoms with Gasteiger partial charge in [0.25, 0.3) is 0 Å². The lowest BCUT2D eigenvalue weighted by molar-refractivity contribution is 0.0890. The van der Waals surface area contributed by atoms with Gasteiger partial charge in [-0.2, -0.15) is 0 Å². The number of carbonyl (C=O) groups excluding carboxylic acids is 2. The second-order valence-corrected chi connectivity index (χ2v) is 9.39. The summed E-state index contributed by atoms with van der Waals surface area (Å²) in [5.41, 5.74) is 4.93. The van der Waals surface area contributed by atoms with Gasteiger partial charge in [0.1, 0.15) is 35.4 Å². The molecule has 0 amide bonds. The molecule has 6 nitrogen and oxygen atoms in total. The number of aromatic nitrogens is 2. The summed E-state index contributed by atoms with van der Waals surface area (Å²) in [6, 6.07) is 28.7. The van der Waals surface area contributed by atoms with Gasteiger partial charge in [-0.3, -0.25) is 9.59 Å². The van der Waals surface area contributed by atoms with Gasteiger partial charge in [-0.25, -0.2) is 4.98 Å². The first kappa shape index (κ1) is 23.7. The van der Waals surface area contributed by atoms with Crippen molar-refractivity contribution in [1.29, 1.82) is 0 Å². The molecular weight excluding hydrogens is 476 g/mol. The largest absolute Gasteiger partial charge is 0.494 e. The Hall–Kier alpha value is -4.71. The Bertz CT molecular complexity index is 1640. The van der Waals surface area contributed by atoms with Crippen LogP contribution in [0, 0.1) is 0 Å². The van der Waals surface area contributed by atoms with E-state index in [0.717, 1.165) is 17.8 Å². The Kier molecular flexibility index (Phi) is 6.22. The lowest BCUT2D eigenvalue weighted by Crippen LogP contribution is -2.13. The number of hydrogen-bond donors (Lipinski definition) is 1. The Morgan fingerprint density at radius 2 is 1.50 bits per heavy atom. The number of benzene rings is 4. The number of methoxy groups -OCH3 is 1. The number of nitrogens with zero attached hydrogens (tertiary/aromatic N) is 1. The monoisotopic (exact) mass is 502 g/mol. The molecule has 0 aliphatic heterocycles. The van der Waals surface area contributed by atoms with E-state index >= 15 is 0 Å². The Morgan fingerprint density at radius 3 is 2.24 bits per heavy atom. The molecule has 1 aliphatic rings. The average Bonchev–Trinajstić information content (AvgIpc) is 3.50. The summed E-state index contributed by atoms with van der Waals surface area (Å²) in [6.45, 7) is 0.379. The highest BCUT2D eigenvalue weighted by molar-refractivity contribution is 6.30. The minimum absolute atomic E-state index is 0.216. The van der Waals surface area contributed by atoms with Crippen LogP contribution in [0.5, 0.6) is 11.5 Å². The number of fused-ring (bicyclic) bond motifs is 2. The number of aryl methyl sites for hydroxylation is 2. The zero-order valence-corrected chi connectivity index (χ0v) is 20.9. The minimum atomic E-state index is -0.940. The van der Waals surface area contributed by atoms with E-state index in [1.165, 1.54) is 5.56 Å². The molecule has 0 spiro atoms. The van der Waals surface area contributed by atoms with Crippen LogP contribution < -0.4 is 9.47 Å². The molecule has 1 heterocycles. The van der Waals surface area contributed by atoms with Crippen molar-refractivity contribution in [2.45, 2.75) is 25.4 Å². The molecule has 38 heavy (non-hydrogen) atoms. The van der Waals surface area contributed by atoms with E-state index in [0.29, 0.717) is 52.3 Å². The van der Waals surface area contributed by atoms with E-state index in [4.69, 9.17) is 14.5 Å². The van der Waals surface area contributed by atoms with Crippen molar-refractivity contribution in [2.75, 3.05) is 7.11 Å². The quantitative estimate of drug-likeness (QED) is 0.259. The number of hydrogen-bond acceptors (Lipinski definition) is 5. The van der Waals surface area contributed by atoms with Gasteiger partial charge >= 0.3 is 0 Å². The fourth-order valence-corrected chi connectivity index (χ4v) is 5.05. The van der Waals surface area contributed by atoms with E-state index in [9.17, 15) is 9.59 Å². The van der Waals surface area contributed by atoms with E-state index in [2.05, 4.69) is 17.1 Å². The third-order valence-corrected chi connectivity index (χ3v) is 7.01. The highest BCUT2D eigenvalue weighted by atomic mass is 16.5. The molecule has 0 bridgehead atoms. The van der Waals surface area contributed by atoms with Crippen LogP contribution in [-0.4, -0.2) is 28.6 Å². The summed E-state index contributed by atoms with van der Waals surface area (Å²) >= 11 is 0. The highest BCUT2D eigenvalue weighted by Gasteiger charge is 2.41. The zero-order chi connectivity index (χ0) is 26.1. The molecule has 1 aromatic heterocycles. The van der Waals surface area contributed by atoms with Gasteiger partial charge < -0.3 is 14.5 Å². The maximum Gasteiger partial charge on any atom is 0.179 e. The van der Waals surface area contributed by atoms with Gasteiger partial charge in [-0.1, -0.05) is 66.7 Å². The molecule has 1 aliphatic carbocycles. The number of imidazole rings is 1. The molecule has 5 aromatic rings. The van der Waals surface area contributed by atoms with Crippen molar-refractivity contribution < 1.29 is 19.1 Å². The summed E-state index contributed by atoms with van der Waals surface area (Å²) in [5.74, 6) is 0.539. The maximum atomic E-state index is 13.6. The molecule has 1 unspecified atom stereocenters. The summed E-state index contributed by atoms with van der Waals surface area (Å²) < 4.78 is 11.5. The molecule has 4 aromatic carbocycles. The number of Topliss-reactive ketones (excluding diaryl/α,β-unsaturated/α-hetero) is 2. The van der Waals surface area contributed by atoms with E-state index in [1.807, 2.05) is 48.5 Å². The Morgan fingerprint density at radius 1 is 0.789 bits per heavy atom. The number of nitrogens with one attached hydrogen (secondary N) is 1. The molecule has 6 rings (SSSR count). The van der Waals surface area contributed by atoms with Crippen LogP contribution in [0.15, 0.2) is 91.0 Å². The zero-order valence-electron chi connectivity index (χ0n) is 20.9. The number of aromatic amines is 1. The average molecular weight is 503 g/mol. The van der Waals surface area contributed by atoms with Gasteiger partial charge in [0.05, 0.1) is 12.6 Å². The Balaban J connectivity index is 1.30. The standard InChI is InChI=1S/C32H26N2O4/c1-37-26-16-15-24(29-30(26)34-27(33-29)17-12-20-8-4-2-5-9-20)28-31(35)23-14-13-22(18-25(23)32(28)36)38-19-21-10-6-3-7-11-21/h2-11,13-16,18,28H,12,17,19H2,1H3,(H,33,34). The van der Waals surface area contributed by atoms with Gasteiger partial charge in [0, 0.05) is 17.5 Å². The third-order valence-electron chi connectivity index (χ3n) is 7.01. The minimum Gasteiger partial charge on any atom is -0.494 e. The van der Waals surface area contributed by atoms with Gasteiger partial charge in [-0.15, -0.1) is 0 Å². The number of ether oxygens (including phenoxy) is 2. The molecule has 1 atom stereocenters. The highest BCUT2D eigenvalue weighted by Crippen LogP contribution is 2.40. The van der Waals surface area contributed by atoms with Crippen LogP contribution in [0.1, 0.15) is 49.1 Å². The van der Waals surface area contributed by atoms with Crippen molar-refractivity contribution in [3.63, 3.8) is 0 Å². The molecular formula is C32H26N2O4. The third kappa shape index (κ3) is 4.34. The molecule has 1 N–H and O–H groups in total. The number of ketones is 2. The summed E-state index contributed by atoms with van der Waals surface area (Å²) in [5, 5.41) is 0. The summed E-state index contributed by atoms with van der Waals surface area (Å²) in [6.07, 6.45) is 1.51. The smallest absolute Gasteiger partial charge is 0.179 e. The van der Waals surface area contributed by atoms with Crippen LogP contribution in [0.4, 0.5) is 0 Å². The fourth-order valence-electron chi connectivity index (χ4n) is 5.05. The Labute approximate surface area is 220 Å². The fraction of sp³-hybridized carbons (Fsp3) is 0.156. The lowest BCUT2D eigenvalue weighted by atomic mass is 9.93. The first-order valence-corrected chi connectivity index (χ1v) is 12.6. The number of rotatable bonds is 8. The van der Waals surface area contributed by atoms with Crippen LogP contribution in [0.25, 0.3) is 11.0 Å². The molecule has 0 radical (unpaired) electrons. The van der Waals surface area contributed by atoms with Gasteiger partial charge in [0.15, 0.2) is 11.6 Å². The lowest BCUT2D eigenvalue weighted by Gasteiger charge is -2.10. The van der Waals surface area contributed by atoms with Crippen molar-refractivity contribution in [1.82, 2.24) is 9.97 Å². The van der Waals surface area contributed by atoms with Crippen LogP contribution >= 0.6 is 0 Å². The normalized spacial score (nSPS) is 14.6. The van der Waals surface area contributed by atoms with Crippen molar-refractivity contribution in [3.05, 3.63) is 125 Å². The summed E-state index contributed by atoms with van der Waals surface area (Å²) in [4.78, 5) is 35.3. The predicted molar refractivity (Wildman–Crippen MR) is 145 cm³/mol. The molecule has 6 heteroatoms. The van der Waals surface area contributed by atoms with Crippen molar-refractivity contribution >= 4 is 22.6 Å². The topological polar surface area (TPSA) is 81.3 Å². The molecule has 0 saturated heterocycles. The van der Waals surface area contributed by atoms with E-state index < -0.39 is 5.92 Å². The van der Waals surface area contributed by atoms with Gasteiger partial charge in [0.2, 0.25) is 0 Å². The number of carbonyl (C=O) groups is 2. The second-order valence-electron chi connectivity index (χ2n) is 9.39. The first-order chi connectivity index (χ1) is 18.6. The van der Waals surface area contributed by atoms with Gasteiger partial charge in [-0.05, 0) is 47.4 Å².